The van der Waals surface area contributed by atoms with E-state index in [0.717, 1.165) is 11.5 Å². The van der Waals surface area contributed by atoms with Gasteiger partial charge in [0, 0.05) is 5.39 Å². The van der Waals surface area contributed by atoms with E-state index >= 15 is 0 Å². The smallest absolute Gasteiger partial charge is 0.137 e. The molecule has 0 saturated heterocycles. The van der Waals surface area contributed by atoms with Gasteiger partial charge < -0.3 is 10.2 Å². The number of hydrogen-bond acceptors (Lipinski definition) is 2. The molecule has 0 atom stereocenters. The molecule has 3 rings (SSSR count). The molecule has 0 bridgehead atoms. The Morgan fingerprint density at radius 3 is 2.71 bits per heavy atom. The first-order valence-corrected chi connectivity index (χ1v) is 4.99. The molecule has 1 saturated carbocycles. The van der Waals surface area contributed by atoms with E-state index in [1.54, 1.807) is 6.26 Å². The van der Waals surface area contributed by atoms with Crippen LogP contribution in [0.2, 0.25) is 0 Å². The average molecular weight is 189 g/mol. The average Bonchev–Trinajstić information content (AvgIpc) is 2.98. The Bertz CT molecular complexity index is 415. The van der Waals surface area contributed by atoms with Crippen LogP contribution in [0.5, 0.6) is 0 Å². The van der Waals surface area contributed by atoms with Gasteiger partial charge in [-0.2, -0.15) is 0 Å². The number of para-hydroxylation sites is 1. The van der Waals surface area contributed by atoms with Crippen molar-refractivity contribution < 1.29 is 4.42 Å². The Morgan fingerprint density at radius 2 is 2.00 bits per heavy atom. The minimum atomic E-state index is 0.778. The Labute approximate surface area is 83.7 Å². The highest BCUT2D eigenvalue weighted by Gasteiger charge is 2.26. The number of hydrogen-bond donors (Lipinski definition) is 1. The number of rotatable bonds is 1. The molecule has 2 aromatic rings. The van der Waals surface area contributed by atoms with Gasteiger partial charge in [-0.15, -0.1) is 0 Å². The maximum Gasteiger partial charge on any atom is 0.137 e. The van der Waals surface area contributed by atoms with Gasteiger partial charge in [-0.3, -0.25) is 0 Å². The van der Waals surface area contributed by atoms with Crippen LogP contribution in [0.1, 0.15) is 24.3 Å². The largest absolute Gasteiger partial charge is 0.464 e. The molecule has 1 fully saturated rings. The minimum Gasteiger partial charge on any atom is -0.464 e. The highest BCUT2D eigenvalue weighted by Crippen LogP contribution is 2.43. The highest BCUT2D eigenvalue weighted by molar-refractivity contribution is 5.81. The zero-order chi connectivity index (χ0) is 9.97. The zero-order valence-corrected chi connectivity index (χ0v) is 8.36. The number of benzene rings is 1. The highest BCUT2D eigenvalue weighted by atomic mass is 16.3. The van der Waals surface area contributed by atoms with E-state index in [0.29, 0.717) is 0 Å². The minimum absolute atomic E-state index is 0.778. The molecule has 2 N–H and O–H groups in total. The van der Waals surface area contributed by atoms with Crippen molar-refractivity contribution in [3.05, 3.63) is 36.1 Å². The van der Waals surface area contributed by atoms with Crippen LogP contribution in [-0.4, -0.2) is 7.05 Å². The van der Waals surface area contributed by atoms with Crippen molar-refractivity contribution in [1.29, 1.82) is 0 Å². The van der Waals surface area contributed by atoms with Crippen LogP contribution in [0.4, 0.5) is 0 Å². The SMILES string of the molecule is CN.c1cc(C2CC2)c2occc2c1. The van der Waals surface area contributed by atoms with Crippen molar-refractivity contribution in [2.45, 2.75) is 18.8 Å². The van der Waals surface area contributed by atoms with Crippen molar-refractivity contribution in [2.24, 2.45) is 5.73 Å². The van der Waals surface area contributed by atoms with Crippen LogP contribution in [0.15, 0.2) is 34.9 Å². The molecule has 1 aliphatic rings. The van der Waals surface area contributed by atoms with Gasteiger partial charge in [-0.25, -0.2) is 0 Å². The van der Waals surface area contributed by atoms with Crippen molar-refractivity contribution >= 4 is 11.0 Å². The Balaban J connectivity index is 0.000000354. The second kappa shape index (κ2) is 3.84. The first-order valence-electron chi connectivity index (χ1n) is 4.99. The molecule has 0 aliphatic heterocycles. The summed E-state index contributed by atoms with van der Waals surface area (Å²) in [6.45, 7) is 0. The summed E-state index contributed by atoms with van der Waals surface area (Å²) in [6, 6.07) is 8.43. The fourth-order valence-electron chi connectivity index (χ4n) is 1.73. The fraction of sp³-hybridized carbons (Fsp3) is 0.333. The van der Waals surface area contributed by atoms with Crippen LogP contribution in [-0.2, 0) is 0 Å². The van der Waals surface area contributed by atoms with Crippen LogP contribution >= 0.6 is 0 Å². The van der Waals surface area contributed by atoms with E-state index in [2.05, 4.69) is 23.9 Å². The van der Waals surface area contributed by atoms with Gasteiger partial charge in [0.05, 0.1) is 6.26 Å². The van der Waals surface area contributed by atoms with Gasteiger partial charge in [0.15, 0.2) is 0 Å². The number of furan rings is 1. The Hall–Kier alpha value is -1.28. The molecule has 0 amide bonds. The van der Waals surface area contributed by atoms with Crippen molar-refractivity contribution in [1.82, 2.24) is 0 Å². The predicted molar refractivity (Wildman–Crippen MR) is 58.3 cm³/mol. The quantitative estimate of drug-likeness (QED) is 0.749. The molecule has 1 aromatic heterocycles. The topological polar surface area (TPSA) is 39.2 Å². The molecule has 2 nitrogen and oxygen atoms in total. The lowest BCUT2D eigenvalue weighted by Crippen LogP contribution is -1.78. The molecular weight excluding hydrogens is 174 g/mol. The molecule has 1 heterocycles. The third-order valence-electron chi connectivity index (χ3n) is 2.53. The Kier molecular flexibility index (Phi) is 2.55. The van der Waals surface area contributed by atoms with Gasteiger partial charge in [0.1, 0.15) is 5.58 Å². The van der Waals surface area contributed by atoms with Gasteiger partial charge in [0.25, 0.3) is 0 Å². The van der Waals surface area contributed by atoms with E-state index in [1.807, 2.05) is 6.07 Å². The Morgan fingerprint density at radius 1 is 1.21 bits per heavy atom. The molecule has 14 heavy (non-hydrogen) atoms. The van der Waals surface area contributed by atoms with E-state index in [1.165, 1.54) is 30.8 Å². The molecule has 0 unspecified atom stereocenters. The molecule has 1 aliphatic carbocycles. The maximum absolute atomic E-state index is 5.45. The summed E-state index contributed by atoms with van der Waals surface area (Å²) in [7, 11) is 1.50. The summed E-state index contributed by atoms with van der Waals surface area (Å²) in [5.74, 6) is 0.778. The van der Waals surface area contributed by atoms with Crippen molar-refractivity contribution in [3.63, 3.8) is 0 Å². The van der Waals surface area contributed by atoms with Gasteiger partial charge in [-0.1, -0.05) is 18.2 Å². The van der Waals surface area contributed by atoms with Crippen LogP contribution in [0.25, 0.3) is 11.0 Å². The standard InChI is InChI=1S/C11H10O.CH5N/c1-2-9-6-7-12-11(9)10(3-1)8-4-5-8;1-2/h1-3,6-8H,4-5H2;2H2,1H3. The lowest BCUT2D eigenvalue weighted by molar-refractivity contribution is 0.611. The first kappa shape index (κ1) is 9.28. The van der Waals surface area contributed by atoms with Gasteiger partial charge in [-0.05, 0) is 37.4 Å². The zero-order valence-electron chi connectivity index (χ0n) is 8.36. The summed E-state index contributed by atoms with van der Waals surface area (Å²) in [5, 5.41) is 1.24. The predicted octanol–water partition coefficient (Wildman–Crippen LogP) is 2.89. The third-order valence-corrected chi connectivity index (χ3v) is 2.53. The number of nitrogens with two attached hydrogens (primary N) is 1. The second-order valence-electron chi connectivity index (χ2n) is 3.46. The van der Waals surface area contributed by atoms with E-state index < -0.39 is 0 Å². The molecule has 74 valence electrons. The summed E-state index contributed by atoms with van der Waals surface area (Å²) in [5.41, 5.74) is 7.00. The van der Waals surface area contributed by atoms with Gasteiger partial charge in [0.2, 0.25) is 0 Å². The van der Waals surface area contributed by atoms with E-state index in [4.69, 9.17) is 4.42 Å². The lowest BCUT2D eigenvalue weighted by Gasteiger charge is -1.97. The van der Waals surface area contributed by atoms with Crippen LogP contribution in [0.3, 0.4) is 0 Å². The van der Waals surface area contributed by atoms with Gasteiger partial charge >= 0.3 is 0 Å². The lowest BCUT2D eigenvalue weighted by atomic mass is 10.1. The normalized spacial score (nSPS) is 15.0. The van der Waals surface area contributed by atoms with E-state index in [9.17, 15) is 0 Å². The molecule has 0 radical (unpaired) electrons. The fourth-order valence-corrected chi connectivity index (χ4v) is 1.73. The summed E-state index contributed by atoms with van der Waals surface area (Å²) < 4.78 is 5.45. The van der Waals surface area contributed by atoms with Crippen molar-refractivity contribution in [3.8, 4) is 0 Å². The van der Waals surface area contributed by atoms with E-state index in [-0.39, 0.29) is 0 Å². The molecule has 2 heteroatoms. The first-order chi connectivity index (χ1) is 6.95. The molecule has 0 spiro atoms. The molecular formula is C12H15NO. The summed E-state index contributed by atoms with van der Waals surface area (Å²) in [4.78, 5) is 0. The summed E-state index contributed by atoms with van der Waals surface area (Å²) >= 11 is 0. The van der Waals surface area contributed by atoms with Crippen molar-refractivity contribution in [2.75, 3.05) is 7.05 Å². The van der Waals surface area contributed by atoms with Crippen LogP contribution < -0.4 is 5.73 Å². The second-order valence-corrected chi connectivity index (χ2v) is 3.46. The maximum atomic E-state index is 5.45. The monoisotopic (exact) mass is 189 g/mol. The third kappa shape index (κ3) is 1.53. The molecule has 1 aromatic carbocycles. The van der Waals surface area contributed by atoms with Crippen LogP contribution in [0, 0.1) is 0 Å². The number of fused-ring (bicyclic) bond motifs is 1. The summed E-state index contributed by atoms with van der Waals surface area (Å²) in [6.07, 6.45) is 4.44.